The Bertz CT molecular complexity index is 931. The number of pyridine rings is 1. The van der Waals surface area contributed by atoms with Crippen LogP contribution in [-0.4, -0.2) is 25.2 Å². The molecule has 1 amide bonds. The Kier molecular flexibility index (Phi) is 6.11. The molecule has 0 aliphatic heterocycles. The van der Waals surface area contributed by atoms with Crippen LogP contribution in [0.2, 0.25) is 0 Å². The molecule has 0 aliphatic carbocycles. The summed E-state index contributed by atoms with van der Waals surface area (Å²) in [6, 6.07) is 11.3. The molecule has 1 heterocycles. The highest BCUT2D eigenvalue weighted by molar-refractivity contribution is 7.92. The number of benzene rings is 1. The van der Waals surface area contributed by atoms with E-state index in [1.165, 1.54) is 12.1 Å². The van der Waals surface area contributed by atoms with Crippen molar-refractivity contribution >= 4 is 21.9 Å². The fourth-order valence-corrected chi connectivity index (χ4v) is 3.98. The lowest BCUT2D eigenvalue weighted by Crippen LogP contribution is -2.40. The predicted octanol–water partition coefficient (Wildman–Crippen LogP) is 2.80. The first-order valence-corrected chi connectivity index (χ1v) is 9.86. The van der Waals surface area contributed by atoms with Gasteiger partial charge in [-0.15, -0.1) is 0 Å². The van der Waals surface area contributed by atoms with E-state index in [9.17, 15) is 18.5 Å². The van der Waals surface area contributed by atoms with Gasteiger partial charge in [-0.2, -0.15) is 5.26 Å². The van der Waals surface area contributed by atoms with Crippen molar-refractivity contribution in [1.29, 1.82) is 5.26 Å². The maximum atomic E-state index is 12.9. The Hall–Kier alpha value is -2.72. The van der Waals surface area contributed by atoms with Crippen LogP contribution in [-0.2, 0) is 27.5 Å². The van der Waals surface area contributed by atoms with Crippen LogP contribution in [0.3, 0.4) is 0 Å². The van der Waals surface area contributed by atoms with Crippen LogP contribution in [0.1, 0.15) is 30.8 Å². The topological polar surface area (TPSA) is 91.1 Å². The fourth-order valence-electron chi connectivity index (χ4n) is 2.61. The van der Waals surface area contributed by atoms with Crippen molar-refractivity contribution in [3.05, 3.63) is 53.3 Å². The summed E-state index contributed by atoms with van der Waals surface area (Å²) in [5, 5.41) is 7.89. The van der Waals surface area contributed by atoms with E-state index in [-0.39, 0.29) is 4.90 Å². The summed E-state index contributed by atoms with van der Waals surface area (Å²) in [4.78, 5) is 17.1. The van der Waals surface area contributed by atoms with Gasteiger partial charge in [-0.05, 0) is 44.0 Å². The highest BCUT2D eigenvalue weighted by atomic mass is 32.2. The van der Waals surface area contributed by atoms with Crippen LogP contribution in [0, 0.1) is 18.3 Å². The molecular formula is C19H21N3O3S. The number of carbonyl (C=O) groups excluding carboxylic acids is 1. The van der Waals surface area contributed by atoms with Crippen LogP contribution in [0.25, 0.3) is 0 Å². The summed E-state index contributed by atoms with van der Waals surface area (Å²) in [5.41, 5.74) is 2.65. The van der Waals surface area contributed by atoms with Crippen molar-refractivity contribution in [3.8, 4) is 6.07 Å². The Labute approximate surface area is 154 Å². The van der Waals surface area contributed by atoms with E-state index >= 15 is 0 Å². The Morgan fingerprint density at radius 3 is 2.31 bits per heavy atom. The maximum Gasteiger partial charge on any atom is 0.230 e. The fraction of sp³-hybridized carbons (Fsp3) is 0.316. The molecular weight excluding hydrogens is 350 g/mol. The SMILES string of the molecule is CCc1ccc(N(C=O)C(C#N)S(=O)(=O)c2ccc(C)cc2)c(CC)n1. The molecule has 2 rings (SSSR count). The maximum absolute atomic E-state index is 12.9. The van der Waals surface area contributed by atoms with E-state index in [4.69, 9.17) is 0 Å². The summed E-state index contributed by atoms with van der Waals surface area (Å²) in [7, 11) is -4.06. The molecule has 2 aromatic rings. The quantitative estimate of drug-likeness (QED) is 0.698. The molecule has 136 valence electrons. The molecule has 0 saturated heterocycles. The minimum atomic E-state index is -4.06. The zero-order valence-electron chi connectivity index (χ0n) is 15.0. The lowest BCUT2D eigenvalue weighted by Gasteiger charge is -2.25. The zero-order valence-corrected chi connectivity index (χ0v) is 15.8. The molecule has 0 N–H and O–H groups in total. The number of aryl methyl sites for hydroxylation is 3. The van der Waals surface area contributed by atoms with E-state index in [0.717, 1.165) is 22.6 Å². The van der Waals surface area contributed by atoms with E-state index < -0.39 is 15.2 Å². The van der Waals surface area contributed by atoms with E-state index in [1.54, 1.807) is 30.3 Å². The van der Waals surface area contributed by atoms with Gasteiger partial charge in [0.2, 0.25) is 21.6 Å². The summed E-state index contributed by atoms with van der Waals surface area (Å²) < 4.78 is 25.9. The number of hydrogen-bond acceptors (Lipinski definition) is 5. The Morgan fingerprint density at radius 2 is 1.81 bits per heavy atom. The summed E-state index contributed by atoms with van der Waals surface area (Å²) in [5.74, 6) is 0. The largest absolute Gasteiger partial charge is 0.283 e. The molecule has 0 spiro atoms. The molecule has 1 unspecified atom stereocenters. The first kappa shape index (κ1) is 19.6. The number of nitriles is 1. The lowest BCUT2D eigenvalue weighted by molar-refractivity contribution is -0.107. The van der Waals surface area contributed by atoms with Crippen molar-refractivity contribution in [3.63, 3.8) is 0 Å². The second-order valence-corrected chi connectivity index (χ2v) is 7.84. The normalized spacial score (nSPS) is 12.2. The van der Waals surface area contributed by atoms with Gasteiger partial charge in [0, 0.05) is 5.69 Å². The molecule has 6 nitrogen and oxygen atoms in total. The molecule has 0 radical (unpaired) electrons. The highest BCUT2D eigenvalue weighted by Gasteiger charge is 2.34. The second-order valence-electron chi connectivity index (χ2n) is 5.83. The number of amides is 1. The minimum Gasteiger partial charge on any atom is -0.283 e. The molecule has 1 aromatic carbocycles. The van der Waals surface area contributed by atoms with Crippen molar-refractivity contribution in [2.45, 2.75) is 43.9 Å². The van der Waals surface area contributed by atoms with Gasteiger partial charge >= 0.3 is 0 Å². The van der Waals surface area contributed by atoms with Gasteiger partial charge in [0.15, 0.2) is 0 Å². The number of nitrogens with zero attached hydrogens (tertiary/aromatic N) is 3. The molecule has 0 fully saturated rings. The Balaban J connectivity index is 2.55. The number of hydrogen-bond donors (Lipinski definition) is 0. The molecule has 26 heavy (non-hydrogen) atoms. The molecule has 0 bridgehead atoms. The van der Waals surface area contributed by atoms with Gasteiger partial charge in [-0.25, -0.2) is 8.42 Å². The van der Waals surface area contributed by atoms with Gasteiger partial charge in [-0.1, -0.05) is 31.5 Å². The van der Waals surface area contributed by atoms with Gasteiger partial charge in [-0.3, -0.25) is 14.7 Å². The third-order valence-electron chi connectivity index (χ3n) is 4.10. The number of aromatic nitrogens is 1. The summed E-state index contributed by atoms with van der Waals surface area (Å²) in [6.45, 7) is 5.66. The highest BCUT2D eigenvalue weighted by Crippen LogP contribution is 2.26. The predicted molar refractivity (Wildman–Crippen MR) is 99.3 cm³/mol. The van der Waals surface area contributed by atoms with E-state index in [1.807, 2.05) is 20.8 Å². The summed E-state index contributed by atoms with van der Waals surface area (Å²) >= 11 is 0. The number of sulfone groups is 1. The standard InChI is InChI=1S/C19H21N3O3S/c1-4-15-8-11-18(17(5-2)21-15)22(13-23)19(12-20)26(24,25)16-9-6-14(3)7-10-16/h6-11,13,19H,4-5H2,1-3H3. The van der Waals surface area contributed by atoms with Crippen LogP contribution in [0.5, 0.6) is 0 Å². The first-order valence-electron chi connectivity index (χ1n) is 8.31. The smallest absolute Gasteiger partial charge is 0.230 e. The van der Waals surface area contributed by atoms with Crippen molar-refractivity contribution < 1.29 is 13.2 Å². The number of anilines is 1. The zero-order chi connectivity index (χ0) is 19.3. The first-order chi connectivity index (χ1) is 12.4. The number of rotatable bonds is 7. The third-order valence-corrected chi connectivity index (χ3v) is 5.95. The van der Waals surface area contributed by atoms with Crippen LogP contribution in [0.4, 0.5) is 5.69 Å². The Morgan fingerprint density at radius 1 is 1.15 bits per heavy atom. The molecule has 7 heteroatoms. The molecule has 1 aromatic heterocycles. The van der Waals surface area contributed by atoms with Gasteiger partial charge in [0.25, 0.3) is 0 Å². The van der Waals surface area contributed by atoms with Crippen LogP contribution >= 0.6 is 0 Å². The van der Waals surface area contributed by atoms with Gasteiger partial charge in [0.1, 0.15) is 6.07 Å². The molecule has 0 saturated carbocycles. The minimum absolute atomic E-state index is 0.00214. The summed E-state index contributed by atoms with van der Waals surface area (Å²) in [6.07, 6.45) is 1.61. The van der Waals surface area contributed by atoms with Crippen molar-refractivity contribution in [2.75, 3.05) is 4.90 Å². The lowest BCUT2D eigenvalue weighted by atomic mass is 10.2. The average Bonchev–Trinajstić information content (AvgIpc) is 2.65. The van der Waals surface area contributed by atoms with E-state index in [0.29, 0.717) is 24.2 Å². The molecule has 1 atom stereocenters. The monoisotopic (exact) mass is 371 g/mol. The number of carbonyl (C=O) groups is 1. The van der Waals surface area contributed by atoms with Crippen molar-refractivity contribution in [1.82, 2.24) is 4.98 Å². The van der Waals surface area contributed by atoms with Gasteiger partial charge < -0.3 is 0 Å². The van der Waals surface area contributed by atoms with Crippen LogP contribution < -0.4 is 4.90 Å². The molecule has 0 aliphatic rings. The third kappa shape index (κ3) is 3.75. The van der Waals surface area contributed by atoms with Gasteiger partial charge in [0.05, 0.1) is 16.3 Å². The second kappa shape index (κ2) is 8.11. The van der Waals surface area contributed by atoms with Crippen LogP contribution in [0.15, 0.2) is 41.3 Å². The van der Waals surface area contributed by atoms with E-state index in [2.05, 4.69) is 4.98 Å². The average molecular weight is 371 g/mol. The van der Waals surface area contributed by atoms with Crippen molar-refractivity contribution in [2.24, 2.45) is 0 Å².